The minimum absolute atomic E-state index is 0.393. The van der Waals surface area contributed by atoms with Crippen LogP contribution < -0.4 is 15.0 Å². The van der Waals surface area contributed by atoms with E-state index in [1.807, 2.05) is 12.1 Å². The lowest BCUT2D eigenvalue weighted by atomic mass is 10.2. The molecule has 10 heteroatoms. The minimum Gasteiger partial charge on any atom is -0.494 e. The van der Waals surface area contributed by atoms with Crippen molar-refractivity contribution in [3.05, 3.63) is 42.2 Å². The van der Waals surface area contributed by atoms with E-state index in [4.69, 9.17) is 14.6 Å². The van der Waals surface area contributed by atoms with E-state index in [1.54, 1.807) is 25.6 Å². The van der Waals surface area contributed by atoms with Crippen molar-refractivity contribution in [3.8, 4) is 5.75 Å². The van der Waals surface area contributed by atoms with E-state index in [-0.39, 0.29) is 0 Å². The van der Waals surface area contributed by atoms with Crippen LogP contribution in [0.15, 0.2) is 36.7 Å². The number of nitrogens with one attached hydrogen (secondary N) is 1. The van der Waals surface area contributed by atoms with Crippen LogP contribution in [0.2, 0.25) is 0 Å². The van der Waals surface area contributed by atoms with Crippen LogP contribution in [0, 0.1) is 0 Å². The lowest BCUT2D eigenvalue weighted by Gasteiger charge is -2.29. The van der Waals surface area contributed by atoms with Crippen LogP contribution in [-0.4, -0.2) is 60.1 Å². The Bertz CT molecular complexity index is 1110. The fourth-order valence-electron chi connectivity index (χ4n) is 3.20. The second kappa shape index (κ2) is 8.56. The molecule has 30 heavy (non-hydrogen) atoms. The van der Waals surface area contributed by atoms with Crippen LogP contribution in [0.3, 0.4) is 0 Å². The maximum Gasteiger partial charge on any atom is 0.331 e. The highest BCUT2D eigenvalue weighted by molar-refractivity contribution is 7.23. The lowest BCUT2D eigenvalue weighted by molar-refractivity contribution is -0.131. The van der Waals surface area contributed by atoms with Crippen LogP contribution in [0.1, 0.15) is 5.56 Å². The van der Waals surface area contributed by atoms with Gasteiger partial charge in [0, 0.05) is 31.6 Å². The second-order valence-electron chi connectivity index (χ2n) is 6.54. The summed E-state index contributed by atoms with van der Waals surface area (Å²) in [6.07, 6.45) is 5.54. The van der Waals surface area contributed by atoms with Crippen LogP contribution >= 0.6 is 11.3 Å². The molecule has 0 bridgehead atoms. The van der Waals surface area contributed by atoms with E-state index >= 15 is 0 Å². The molecule has 0 unspecified atom stereocenters. The Morgan fingerprint density at radius 3 is 2.83 bits per heavy atom. The number of rotatable bonds is 5. The normalized spacial score (nSPS) is 14.4. The topological polar surface area (TPSA) is 106 Å². The zero-order valence-electron chi connectivity index (χ0n) is 16.2. The quantitative estimate of drug-likeness (QED) is 0.602. The van der Waals surface area contributed by atoms with Gasteiger partial charge in [-0.05, 0) is 29.8 Å². The molecule has 1 amide bonds. The zero-order chi connectivity index (χ0) is 21.1. The second-order valence-corrected chi connectivity index (χ2v) is 7.54. The molecule has 1 saturated heterocycles. The Balaban J connectivity index is 1.60. The van der Waals surface area contributed by atoms with Gasteiger partial charge in [-0.3, -0.25) is 9.88 Å². The summed E-state index contributed by atoms with van der Waals surface area (Å²) in [5.41, 5.74) is 2.33. The highest BCUT2D eigenvalue weighted by Crippen LogP contribution is 2.39. The number of hydrogen-bond donors (Lipinski definition) is 2. The number of anilines is 2. The number of carbonyl (C=O) groups is 2. The number of thiazole rings is 1. The first kappa shape index (κ1) is 19.9. The molecule has 0 saturated carbocycles. The zero-order valence-corrected chi connectivity index (χ0v) is 17.0. The summed E-state index contributed by atoms with van der Waals surface area (Å²) in [7, 11) is 1.59. The largest absolute Gasteiger partial charge is 0.494 e. The average Bonchev–Trinajstić information content (AvgIpc) is 3.39. The third kappa shape index (κ3) is 4.14. The molecule has 2 N–H and O–H groups in total. The highest BCUT2D eigenvalue weighted by Gasteiger charge is 2.20. The van der Waals surface area contributed by atoms with Crippen LogP contribution in [0.25, 0.3) is 16.3 Å². The van der Waals surface area contributed by atoms with Crippen molar-refractivity contribution < 1.29 is 24.2 Å². The maximum atomic E-state index is 12.6. The predicted octanol–water partition coefficient (Wildman–Crippen LogP) is 3.12. The van der Waals surface area contributed by atoms with Crippen molar-refractivity contribution in [2.45, 2.75) is 0 Å². The van der Waals surface area contributed by atoms with E-state index in [1.165, 1.54) is 22.0 Å². The first-order chi connectivity index (χ1) is 14.5. The van der Waals surface area contributed by atoms with E-state index in [0.29, 0.717) is 35.2 Å². The number of methoxy groups -OCH3 is 1. The summed E-state index contributed by atoms with van der Waals surface area (Å²) < 4.78 is 13.2. The van der Waals surface area contributed by atoms with Gasteiger partial charge in [-0.2, -0.15) is 0 Å². The van der Waals surface area contributed by atoms with Crippen molar-refractivity contribution in [1.82, 2.24) is 9.55 Å². The molecule has 9 nitrogen and oxygen atoms in total. The summed E-state index contributed by atoms with van der Waals surface area (Å²) in [6, 6.07) is 5.14. The third-order valence-electron chi connectivity index (χ3n) is 4.64. The molecule has 156 valence electrons. The average molecular weight is 428 g/mol. The number of amides is 1. The van der Waals surface area contributed by atoms with Crippen molar-refractivity contribution in [2.24, 2.45) is 0 Å². The number of fused-ring (bicyclic) bond motifs is 1. The first-order valence-electron chi connectivity index (χ1n) is 9.26. The number of benzene rings is 1. The first-order valence-corrected chi connectivity index (χ1v) is 10.1. The molecule has 2 aromatic heterocycles. The molecule has 3 aromatic rings. The van der Waals surface area contributed by atoms with E-state index in [0.717, 1.165) is 29.6 Å². The van der Waals surface area contributed by atoms with Crippen LogP contribution in [-0.2, 0) is 9.53 Å². The lowest BCUT2D eigenvalue weighted by Crippen LogP contribution is -2.36. The van der Waals surface area contributed by atoms with Crippen molar-refractivity contribution in [2.75, 3.05) is 43.6 Å². The molecule has 0 atom stereocenters. The third-order valence-corrected chi connectivity index (χ3v) is 5.63. The molecular weight excluding hydrogens is 408 g/mol. The van der Waals surface area contributed by atoms with Gasteiger partial charge in [-0.15, -0.1) is 0 Å². The van der Waals surface area contributed by atoms with Crippen LogP contribution in [0.4, 0.5) is 15.6 Å². The molecule has 1 aliphatic rings. The SMILES string of the molecule is COc1ccc(N2CCOCC2)c2sc(NC(=O)n3ccc(C=CC(=O)O)c3)nc12. The molecule has 0 aliphatic carbocycles. The fourth-order valence-corrected chi connectivity index (χ4v) is 4.22. The number of hydrogen-bond acceptors (Lipinski definition) is 7. The van der Waals surface area contributed by atoms with Gasteiger partial charge in [0.2, 0.25) is 0 Å². The number of aliphatic carboxylic acids is 1. The molecule has 4 rings (SSSR count). The predicted molar refractivity (Wildman–Crippen MR) is 115 cm³/mol. The van der Waals surface area contributed by atoms with Gasteiger partial charge >= 0.3 is 12.0 Å². The van der Waals surface area contributed by atoms with E-state index < -0.39 is 12.0 Å². The van der Waals surface area contributed by atoms with Gasteiger partial charge in [0.25, 0.3) is 0 Å². The molecule has 1 aliphatic heterocycles. The number of ether oxygens (including phenoxy) is 2. The number of carbonyl (C=O) groups excluding carboxylic acids is 1. The summed E-state index contributed by atoms with van der Waals surface area (Å²) in [6.45, 7) is 2.92. The Kier molecular flexibility index (Phi) is 5.68. The van der Waals surface area contributed by atoms with Gasteiger partial charge in [0.1, 0.15) is 11.3 Å². The van der Waals surface area contributed by atoms with Gasteiger partial charge in [-0.25, -0.2) is 14.6 Å². The number of carboxylic acid groups (broad SMARTS) is 1. The monoisotopic (exact) mass is 428 g/mol. The molecule has 1 fully saturated rings. The Labute approximate surface area is 176 Å². The molecule has 1 aromatic carbocycles. The maximum absolute atomic E-state index is 12.6. The van der Waals surface area contributed by atoms with Crippen molar-refractivity contribution in [1.29, 1.82) is 0 Å². The molecular formula is C20H20N4O5S. The molecule has 0 spiro atoms. The van der Waals surface area contributed by atoms with E-state index in [2.05, 4.69) is 15.2 Å². The number of morpholine rings is 1. The standard InChI is InChI=1S/C20H20N4O5S/c1-28-15-4-3-14(23-8-10-29-11-9-23)18-17(15)21-19(30-18)22-20(27)24-7-6-13(12-24)2-5-16(25)26/h2-7,12H,8-11H2,1H3,(H,25,26)(H,21,22,27). The van der Waals surface area contributed by atoms with E-state index in [9.17, 15) is 9.59 Å². The number of nitrogens with zero attached hydrogens (tertiary/aromatic N) is 3. The number of aromatic nitrogens is 2. The molecule has 0 radical (unpaired) electrons. The Hall–Kier alpha value is -3.37. The van der Waals surface area contributed by atoms with Crippen molar-refractivity contribution in [3.63, 3.8) is 0 Å². The van der Waals surface area contributed by atoms with Crippen LogP contribution in [0.5, 0.6) is 5.75 Å². The Morgan fingerprint density at radius 1 is 1.30 bits per heavy atom. The van der Waals surface area contributed by atoms with Gasteiger partial charge in [0.15, 0.2) is 5.13 Å². The van der Waals surface area contributed by atoms with Gasteiger partial charge in [0.05, 0.1) is 30.7 Å². The Morgan fingerprint density at radius 2 is 2.10 bits per heavy atom. The van der Waals surface area contributed by atoms with Crippen molar-refractivity contribution >= 4 is 50.4 Å². The number of carboxylic acids is 1. The summed E-state index contributed by atoms with van der Waals surface area (Å²) >= 11 is 1.38. The smallest absolute Gasteiger partial charge is 0.331 e. The molecule has 3 heterocycles. The van der Waals surface area contributed by atoms with Gasteiger partial charge in [-0.1, -0.05) is 11.3 Å². The summed E-state index contributed by atoms with van der Waals surface area (Å²) in [5.74, 6) is -0.410. The summed E-state index contributed by atoms with van der Waals surface area (Å²) in [5, 5.41) is 12.0. The van der Waals surface area contributed by atoms with Gasteiger partial charge < -0.3 is 19.5 Å². The highest BCUT2D eigenvalue weighted by atomic mass is 32.1. The minimum atomic E-state index is -1.05. The summed E-state index contributed by atoms with van der Waals surface area (Å²) in [4.78, 5) is 30.0. The fraction of sp³-hybridized carbons (Fsp3) is 0.250.